The van der Waals surface area contributed by atoms with E-state index in [1.807, 2.05) is 52.8 Å². The van der Waals surface area contributed by atoms with Gasteiger partial charge in [-0.15, -0.1) is 6.42 Å². The maximum absolute atomic E-state index is 13.0. The highest BCUT2D eigenvalue weighted by atomic mass is 32.2. The first-order valence-electron chi connectivity index (χ1n) is 8.22. The second-order valence-electron chi connectivity index (χ2n) is 6.79. The van der Waals surface area contributed by atoms with E-state index < -0.39 is 11.7 Å². The summed E-state index contributed by atoms with van der Waals surface area (Å²) in [5.41, 5.74) is 2.23. The number of anilines is 1. The predicted octanol–water partition coefficient (Wildman–Crippen LogP) is 4.00. The number of thioether (sulfide) groups is 1. The minimum Gasteiger partial charge on any atom is -0.442 e. The number of hydrazine groups is 1. The van der Waals surface area contributed by atoms with E-state index in [9.17, 15) is 4.79 Å². The number of amidine groups is 1. The van der Waals surface area contributed by atoms with Crippen molar-refractivity contribution in [2.45, 2.75) is 40.2 Å². The van der Waals surface area contributed by atoms with Gasteiger partial charge in [0.05, 0.1) is 12.2 Å². The zero-order valence-corrected chi connectivity index (χ0v) is 16.3. The van der Waals surface area contributed by atoms with Crippen LogP contribution in [0, 0.1) is 26.2 Å². The number of amides is 1. The van der Waals surface area contributed by atoms with E-state index in [0.717, 1.165) is 34.3 Å². The lowest BCUT2D eigenvalue weighted by atomic mass is 10.1. The Morgan fingerprint density at radius 2 is 2.12 bits per heavy atom. The Morgan fingerprint density at radius 3 is 2.68 bits per heavy atom. The standard InChI is InChI=1S/C19H25N3O2S/c1-7-12-21(17-20-11-13-25-17)22(18(23)24-19(4,5)6)16-10-8-9-14(2)15(16)3/h1,8-10H,11-13H2,2-6H3. The largest absolute Gasteiger partial charge is 0.442 e. The summed E-state index contributed by atoms with van der Waals surface area (Å²) in [7, 11) is 0. The minimum absolute atomic E-state index is 0.235. The Bertz CT molecular complexity index is 716. The van der Waals surface area contributed by atoms with Crippen molar-refractivity contribution < 1.29 is 9.53 Å². The average Bonchev–Trinajstić information content (AvgIpc) is 3.03. The maximum Gasteiger partial charge on any atom is 0.434 e. The smallest absolute Gasteiger partial charge is 0.434 e. The van der Waals surface area contributed by atoms with Crippen LogP contribution in [0.3, 0.4) is 0 Å². The van der Waals surface area contributed by atoms with Crippen LogP contribution in [0.2, 0.25) is 0 Å². The Labute approximate surface area is 154 Å². The molecule has 0 fully saturated rings. The quantitative estimate of drug-likeness (QED) is 0.591. The van der Waals surface area contributed by atoms with Crippen molar-refractivity contribution in [3.05, 3.63) is 29.3 Å². The number of terminal acetylenes is 1. The van der Waals surface area contributed by atoms with Gasteiger partial charge in [0.1, 0.15) is 12.1 Å². The molecule has 0 radical (unpaired) electrons. The number of ether oxygens (including phenoxy) is 1. The van der Waals surface area contributed by atoms with Crippen LogP contribution >= 0.6 is 11.8 Å². The van der Waals surface area contributed by atoms with Crippen LogP contribution in [0.1, 0.15) is 31.9 Å². The van der Waals surface area contributed by atoms with Gasteiger partial charge < -0.3 is 4.74 Å². The van der Waals surface area contributed by atoms with Crippen molar-refractivity contribution in [1.29, 1.82) is 0 Å². The first kappa shape index (κ1) is 19.2. The van der Waals surface area contributed by atoms with Gasteiger partial charge in [-0.25, -0.2) is 9.80 Å². The fourth-order valence-electron chi connectivity index (χ4n) is 2.39. The van der Waals surface area contributed by atoms with Crippen LogP contribution in [0.5, 0.6) is 0 Å². The molecule has 1 aliphatic heterocycles. The summed E-state index contributed by atoms with van der Waals surface area (Å²) in [6, 6.07) is 5.84. The summed E-state index contributed by atoms with van der Waals surface area (Å²) in [6.45, 7) is 10.5. The molecule has 0 aliphatic carbocycles. The second-order valence-corrected chi connectivity index (χ2v) is 7.85. The lowest BCUT2D eigenvalue weighted by Gasteiger charge is -2.36. The molecule has 134 valence electrons. The summed E-state index contributed by atoms with van der Waals surface area (Å²) in [5, 5.41) is 3.99. The monoisotopic (exact) mass is 359 g/mol. The van der Waals surface area contributed by atoms with E-state index in [2.05, 4.69) is 10.9 Å². The number of aliphatic imine (C=N–C) groups is 1. The third-order valence-corrected chi connectivity index (χ3v) is 4.63. The van der Waals surface area contributed by atoms with Crippen LogP contribution < -0.4 is 5.01 Å². The molecule has 0 aromatic heterocycles. The molecule has 2 rings (SSSR count). The Hall–Kier alpha value is -2.13. The van der Waals surface area contributed by atoms with E-state index >= 15 is 0 Å². The van der Waals surface area contributed by atoms with Crippen molar-refractivity contribution in [3.8, 4) is 12.3 Å². The van der Waals surface area contributed by atoms with Gasteiger partial charge in [0.25, 0.3) is 0 Å². The molecule has 1 heterocycles. The molecular weight excluding hydrogens is 334 g/mol. The predicted molar refractivity (Wildman–Crippen MR) is 105 cm³/mol. The summed E-state index contributed by atoms with van der Waals surface area (Å²) < 4.78 is 5.65. The first-order valence-corrected chi connectivity index (χ1v) is 9.20. The van der Waals surface area contributed by atoms with Gasteiger partial charge >= 0.3 is 6.09 Å². The van der Waals surface area contributed by atoms with Gasteiger partial charge in [-0.1, -0.05) is 29.8 Å². The fourth-order valence-corrected chi connectivity index (χ4v) is 3.23. The van der Waals surface area contributed by atoms with E-state index in [-0.39, 0.29) is 6.54 Å². The second kappa shape index (κ2) is 7.83. The highest BCUT2D eigenvalue weighted by Crippen LogP contribution is 2.29. The number of hydrogen-bond acceptors (Lipinski definition) is 5. The molecular formula is C19H25N3O2S. The number of hydrogen-bond donors (Lipinski definition) is 0. The summed E-state index contributed by atoms with van der Waals surface area (Å²) in [4.78, 5) is 17.5. The van der Waals surface area contributed by atoms with Crippen LogP contribution in [0.25, 0.3) is 0 Å². The molecule has 0 saturated carbocycles. The highest BCUT2D eigenvalue weighted by molar-refractivity contribution is 8.14. The van der Waals surface area contributed by atoms with Gasteiger partial charge in [-0.3, -0.25) is 4.99 Å². The summed E-state index contributed by atoms with van der Waals surface area (Å²) in [5.74, 6) is 3.51. The molecule has 0 N–H and O–H groups in total. The normalized spacial score (nSPS) is 13.8. The number of benzene rings is 1. The molecule has 1 aromatic carbocycles. The first-order chi connectivity index (χ1) is 11.7. The third kappa shape index (κ3) is 4.70. The number of carbonyl (C=O) groups is 1. The molecule has 0 bridgehead atoms. The molecule has 6 heteroatoms. The molecule has 5 nitrogen and oxygen atoms in total. The van der Waals surface area contributed by atoms with Gasteiger partial charge in [-0.05, 0) is 51.8 Å². The molecule has 0 atom stereocenters. The Morgan fingerprint density at radius 1 is 1.40 bits per heavy atom. The molecule has 0 spiro atoms. The number of nitrogens with zero attached hydrogens (tertiary/aromatic N) is 3. The van der Waals surface area contributed by atoms with Crippen LogP contribution in [-0.4, -0.2) is 40.7 Å². The fraction of sp³-hybridized carbons (Fsp3) is 0.474. The summed E-state index contributed by atoms with van der Waals surface area (Å²) in [6.07, 6.45) is 5.11. The van der Waals surface area contributed by atoms with E-state index in [0.29, 0.717) is 0 Å². The van der Waals surface area contributed by atoms with Crippen molar-refractivity contribution in [2.75, 3.05) is 23.9 Å². The van der Waals surface area contributed by atoms with Crippen molar-refractivity contribution in [3.63, 3.8) is 0 Å². The van der Waals surface area contributed by atoms with E-state index in [4.69, 9.17) is 11.2 Å². The number of aryl methyl sites for hydroxylation is 1. The lowest BCUT2D eigenvalue weighted by molar-refractivity contribution is 0.0518. The van der Waals surface area contributed by atoms with Crippen molar-refractivity contribution >= 4 is 28.7 Å². The van der Waals surface area contributed by atoms with Gasteiger partial charge in [0.2, 0.25) is 0 Å². The van der Waals surface area contributed by atoms with Gasteiger partial charge in [0.15, 0.2) is 5.17 Å². The molecule has 0 unspecified atom stereocenters. The zero-order chi connectivity index (χ0) is 18.6. The third-order valence-electron chi connectivity index (χ3n) is 3.64. The van der Waals surface area contributed by atoms with Crippen LogP contribution in [0.4, 0.5) is 10.5 Å². The van der Waals surface area contributed by atoms with Gasteiger partial charge in [0, 0.05) is 5.75 Å². The van der Waals surface area contributed by atoms with Crippen molar-refractivity contribution in [1.82, 2.24) is 5.01 Å². The molecule has 1 amide bonds. The minimum atomic E-state index is -0.612. The Kier molecular flexibility index (Phi) is 6.02. The lowest BCUT2D eigenvalue weighted by Crippen LogP contribution is -2.51. The highest BCUT2D eigenvalue weighted by Gasteiger charge is 2.32. The summed E-state index contributed by atoms with van der Waals surface area (Å²) >= 11 is 1.59. The van der Waals surface area contributed by atoms with Crippen LogP contribution in [0.15, 0.2) is 23.2 Å². The molecule has 1 aromatic rings. The topological polar surface area (TPSA) is 45.1 Å². The van der Waals surface area contributed by atoms with Gasteiger partial charge in [-0.2, -0.15) is 5.01 Å². The Balaban J connectivity index is 2.52. The number of carbonyl (C=O) groups excluding carboxylic acids is 1. The molecule has 1 aliphatic rings. The van der Waals surface area contributed by atoms with Crippen molar-refractivity contribution in [2.24, 2.45) is 4.99 Å². The zero-order valence-electron chi connectivity index (χ0n) is 15.5. The van der Waals surface area contributed by atoms with Crippen LogP contribution in [-0.2, 0) is 4.74 Å². The van der Waals surface area contributed by atoms with E-state index in [1.165, 1.54) is 5.01 Å². The molecule has 25 heavy (non-hydrogen) atoms. The molecule has 0 saturated heterocycles. The van der Waals surface area contributed by atoms with E-state index in [1.54, 1.807) is 16.8 Å². The average molecular weight is 359 g/mol. The maximum atomic E-state index is 13.0. The number of rotatable bonds is 2. The SMILES string of the molecule is C#CCN(C1=NCCS1)N(C(=O)OC(C)(C)C)c1cccc(C)c1C.